The summed E-state index contributed by atoms with van der Waals surface area (Å²) >= 11 is 2.72. The summed E-state index contributed by atoms with van der Waals surface area (Å²) in [4.78, 5) is 54.3. The van der Waals surface area contributed by atoms with Gasteiger partial charge in [-0.25, -0.2) is 0 Å². The van der Waals surface area contributed by atoms with E-state index < -0.39 is 11.6 Å². The lowest BCUT2D eigenvalue weighted by Gasteiger charge is -2.07. The molecule has 0 unspecified atom stereocenters. The molecule has 0 fully saturated rings. The molecule has 0 bridgehead atoms. The van der Waals surface area contributed by atoms with Crippen molar-refractivity contribution in [2.24, 2.45) is 0 Å². The Morgan fingerprint density at radius 3 is 1.41 bits per heavy atom. The molecule has 0 saturated carbocycles. The molecular weight excluding hydrogens is 556 g/mol. The molecule has 0 radical (unpaired) electrons. The molecular formula is C33H28O6S2. The first-order valence-electron chi connectivity index (χ1n) is 13.3. The van der Waals surface area contributed by atoms with Gasteiger partial charge in [0.1, 0.15) is 11.5 Å². The lowest BCUT2D eigenvalue weighted by Crippen LogP contribution is -2.07. The minimum Gasteiger partial charge on any atom is -0.507 e. The van der Waals surface area contributed by atoms with E-state index in [1.807, 2.05) is 26.0 Å². The number of benzene rings is 2. The molecule has 1 aliphatic carbocycles. The Bertz CT molecular complexity index is 1610. The average Bonchev–Trinajstić information content (AvgIpc) is 3.67. The van der Waals surface area contributed by atoms with Crippen molar-refractivity contribution in [3.05, 3.63) is 102 Å². The first-order chi connectivity index (χ1) is 19.6. The van der Waals surface area contributed by atoms with Crippen LogP contribution in [0.3, 0.4) is 0 Å². The zero-order valence-electron chi connectivity index (χ0n) is 22.7. The third-order valence-electron chi connectivity index (χ3n) is 7.30. The van der Waals surface area contributed by atoms with E-state index in [1.165, 1.54) is 46.9 Å². The van der Waals surface area contributed by atoms with Gasteiger partial charge in [-0.3, -0.25) is 19.2 Å². The van der Waals surface area contributed by atoms with Crippen LogP contribution in [0.5, 0.6) is 11.5 Å². The fourth-order valence-electron chi connectivity index (χ4n) is 5.25. The van der Waals surface area contributed by atoms with Crippen LogP contribution >= 0.6 is 22.7 Å². The van der Waals surface area contributed by atoms with Gasteiger partial charge in [0.2, 0.25) is 0 Å². The molecule has 0 aliphatic heterocycles. The van der Waals surface area contributed by atoms with Gasteiger partial charge in [0.15, 0.2) is 23.1 Å². The van der Waals surface area contributed by atoms with Crippen LogP contribution in [0.1, 0.15) is 93.0 Å². The number of Topliss-reactive ketones (excluding diaryl/α,β-unsaturated/α-hetero) is 4. The van der Waals surface area contributed by atoms with Crippen molar-refractivity contribution in [1.82, 2.24) is 0 Å². The number of hydrogen-bond acceptors (Lipinski definition) is 8. The van der Waals surface area contributed by atoms with Gasteiger partial charge in [-0.1, -0.05) is 24.3 Å². The quantitative estimate of drug-likeness (QED) is 0.145. The van der Waals surface area contributed by atoms with Gasteiger partial charge in [-0.2, -0.15) is 0 Å². The second kappa shape index (κ2) is 11.8. The number of aryl methyl sites for hydroxylation is 2. The van der Waals surface area contributed by atoms with E-state index >= 15 is 0 Å². The van der Waals surface area contributed by atoms with Crippen LogP contribution in [0.4, 0.5) is 0 Å². The molecule has 5 rings (SSSR count). The molecule has 2 aromatic carbocycles. The van der Waals surface area contributed by atoms with Crippen molar-refractivity contribution in [2.75, 3.05) is 0 Å². The molecule has 0 amide bonds. The second-order valence-corrected chi connectivity index (χ2v) is 12.6. The van der Waals surface area contributed by atoms with E-state index in [-0.39, 0.29) is 47.0 Å². The van der Waals surface area contributed by atoms with E-state index in [0.717, 1.165) is 51.3 Å². The fraction of sp³-hybridized carbons (Fsp3) is 0.212. The molecule has 0 spiro atoms. The Morgan fingerprint density at radius 2 is 1.02 bits per heavy atom. The number of carbonyl (C=O) groups is 4. The number of aromatic hydroxyl groups is 2. The number of thiophene rings is 2. The van der Waals surface area contributed by atoms with Crippen LogP contribution in [-0.4, -0.2) is 33.3 Å². The Morgan fingerprint density at radius 1 is 0.634 bits per heavy atom. The van der Waals surface area contributed by atoms with E-state index in [0.29, 0.717) is 9.75 Å². The highest BCUT2D eigenvalue weighted by molar-refractivity contribution is 7.14. The Hall–Kier alpha value is -4.14. The van der Waals surface area contributed by atoms with Gasteiger partial charge in [0.05, 0.1) is 33.7 Å². The summed E-state index contributed by atoms with van der Waals surface area (Å²) in [5, 5.41) is 20.0. The van der Waals surface area contributed by atoms with Gasteiger partial charge in [-0.05, 0) is 91.8 Å². The predicted molar refractivity (Wildman–Crippen MR) is 162 cm³/mol. The highest BCUT2D eigenvalue weighted by atomic mass is 32.1. The monoisotopic (exact) mass is 584 g/mol. The smallest absolute Gasteiger partial charge is 0.180 e. The SMILES string of the molecule is Cc1sc(C(=O)CC(=O)c2ccccc2O)cc1C1=C(c2cc(C(=O)CC(=O)c3ccccc3O)sc2C)CCC1. The molecule has 2 heterocycles. The van der Waals surface area contributed by atoms with Gasteiger partial charge in [0, 0.05) is 9.75 Å². The Kier molecular flexibility index (Phi) is 8.15. The third-order valence-corrected chi connectivity index (χ3v) is 9.49. The average molecular weight is 585 g/mol. The molecule has 4 aromatic rings. The Balaban J connectivity index is 1.37. The van der Waals surface area contributed by atoms with Crippen LogP contribution in [0.15, 0.2) is 60.7 Å². The standard InChI is InChI=1S/C33H28O6S2/c1-18-24(14-32(40-18)30(38)16-28(36)22-8-3-5-12-26(22)34)20-10-7-11-21(20)25-15-33(41-19(25)2)31(39)17-29(37)23-9-4-6-13-27(23)35/h3-6,8-9,12-15,34-35H,7,10-11,16-17H2,1-2H3. The maximum atomic E-state index is 13.0. The maximum absolute atomic E-state index is 13.0. The predicted octanol–water partition coefficient (Wildman–Crippen LogP) is 7.84. The van der Waals surface area contributed by atoms with Crippen molar-refractivity contribution in [2.45, 2.75) is 46.0 Å². The maximum Gasteiger partial charge on any atom is 0.180 e. The number of carbonyl (C=O) groups excluding carboxylic acids is 4. The van der Waals surface area contributed by atoms with Gasteiger partial charge >= 0.3 is 0 Å². The van der Waals surface area contributed by atoms with Crippen molar-refractivity contribution in [3.8, 4) is 11.5 Å². The summed E-state index contributed by atoms with van der Waals surface area (Å²) < 4.78 is 0. The summed E-state index contributed by atoms with van der Waals surface area (Å²) in [6, 6.07) is 16.1. The van der Waals surface area contributed by atoms with Gasteiger partial charge in [0.25, 0.3) is 0 Å². The molecule has 0 saturated heterocycles. The van der Waals surface area contributed by atoms with Crippen molar-refractivity contribution in [1.29, 1.82) is 0 Å². The summed E-state index contributed by atoms with van der Waals surface area (Å²) in [5.74, 6) is -1.69. The van der Waals surface area contributed by atoms with Crippen molar-refractivity contribution < 1.29 is 29.4 Å². The first kappa shape index (κ1) is 28.4. The summed E-state index contributed by atoms with van der Waals surface area (Å²) in [6.07, 6.45) is 1.97. The van der Waals surface area contributed by atoms with Crippen molar-refractivity contribution >= 4 is 57.0 Å². The summed E-state index contributed by atoms with van der Waals surface area (Å²) in [7, 11) is 0. The van der Waals surface area contributed by atoms with Gasteiger partial charge < -0.3 is 10.2 Å². The summed E-state index contributed by atoms with van der Waals surface area (Å²) in [6.45, 7) is 3.93. The third kappa shape index (κ3) is 5.85. The largest absolute Gasteiger partial charge is 0.507 e. The minimum absolute atomic E-state index is 0.135. The molecule has 8 heteroatoms. The molecule has 2 N–H and O–H groups in total. The number of rotatable bonds is 10. The van der Waals surface area contributed by atoms with Crippen LogP contribution in [0.2, 0.25) is 0 Å². The van der Waals surface area contributed by atoms with E-state index in [2.05, 4.69) is 0 Å². The lowest BCUT2D eigenvalue weighted by molar-refractivity contribution is 0.0878. The summed E-state index contributed by atoms with van der Waals surface area (Å²) in [5.41, 5.74) is 4.50. The fourth-order valence-corrected chi connectivity index (χ4v) is 7.22. The first-order valence-corrected chi connectivity index (χ1v) is 14.9. The zero-order valence-corrected chi connectivity index (χ0v) is 24.3. The second-order valence-electron chi connectivity index (χ2n) is 10.1. The van der Waals surface area contributed by atoms with Crippen LogP contribution < -0.4 is 0 Å². The number of hydrogen-bond donors (Lipinski definition) is 2. The van der Waals surface area contributed by atoms with Crippen LogP contribution in [0, 0.1) is 13.8 Å². The van der Waals surface area contributed by atoms with Crippen LogP contribution in [0.25, 0.3) is 11.1 Å². The molecule has 41 heavy (non-hydrogen) atoms. The van der Waals surface area contributed by atoms with E-state index in [9.17, 15) is 29.4 Å². The normalized spacial score (nSPS) is 13.0. The molecule has 208 valence electrons. The highest BCUT2D eigenvalue weighted by Crippen LogP contribution is 2.45. The number of phenols is 2. The minimum atomic E-state index is -0.423. The topological polar surface area (TPSA) is 109 Å². The molecule has 2 aromatic heterocycles. The van der Waals surface area contributed by atoms with Crippen LogP contribution in [-0.2, 0) is 0 Å². The van der Waals surface area contributed by atoms with E-state index in [1.54, 1.807) is 24.3 Å². The number of allylic oxidation sites excluding steroid dienone is 2. The Labute approximate surface area is 245 Å². The van der Waals surface area contributed by atoms with E-state index in [4.69, 9.17) is 0 Å². The highest BCUT2D eigenvalue weighted by Gasteiger charge is 2.26. The number of phenolic OH excluding ortho intramolecular Hbond substituents is 2. The van der Waals surface area contributed by atoms with Gasteiger partial charge in [-0.15, -0.1) is 22.7 Å². The molecule has 1 aliphatic rings. The molecule has 0 atom stereocenters. The zero-order chi connectivity index (χ0) is 29.3. The molecule has 6 nitrogen and oxygen atoms in total. The number of ketones is 4. The number of para-hydroxylation sites is 2. The van der Waals surface area contributed by atoms with Crippen molar-refractivity contribution in [3.63, 3.8) is 0 Å². The lowest BCUT2D eigenvalue weighted by atomic mass is 9.96.